The molecule has 0 atom stereocenters. The molecular formula is C27H30N2O8S2. The maximum absolute atomic E-state index is 13.4. The maximum Gasteiger partial charge on any atom is 0.262 e. The smallest absolute Gasteiger partial charge is 0.262 e. The van der Waals surface area contributed by atoms with Crippen LogP contribution >= 0.6 is 11.8 Å². The summed E-state index contributed by atoms with van der Waals surface area (Å²) in [4.78, 5) is 15.9. The van der Waals surface area contributed by atoms with Gasteiger partial charge in [-0.15, -0.1) is 11.8 Å². The standard InChI is InChI=1S/C27H30N2O8S2/c1-34-23-5-3-4-6-24(23)37-26-22(28-39(32,33)21-9-7-20(38-2)8-10-21)17-19(18-25(26)36-16-13-30)27(31)29-11-14-35-15-12-29/h3-10,17-18,28,30H,11-16H2,1-2H3. The van der Waals surface area contributed by atoms with Crippen molar-refractivity contribution in [3.05, 3.63) is 66.2 Å². The summed E-state index contributed by atoms with van der Waals surface area (Å²) in [6.45, 7) is 1.18. The first kappa shape index (κ1) is 28.6. The second-order valence-electron chi connectivity index (χ2n) is 8.36. The van der Waals surface area contributed by atoms with Crippen LogP contribution in [0.4, 0.5) is 5.69 Å². The molecule has 1 fully saturated rings. The van der Waals surface area contributed by atoms with Crippen LogP contribution in [0.5, 0.6) is 23.0 Å². The van der Waals surface area contributed by atoms with Crippen molar-refractivity contribution in [3.63, 3.8) is 0 Å². The second kappa shape index (κ2) is 13.1. The van der Waals surface area contributed by atoms with Gasteiger partial charge >= 0.3 is 0 Å². The van der Waals surface area contributed by atoms with Crippen molar-refractivity contribution in [2.75, 3.05) is 57.6 Å². The summed E-state index contributed by atoms with van der Waals surface area (Å²) < 4.78 is 52.1. The number of benzene rings is 3. The summed E-state index contributed by atoms with van der Waals surface area (Å²) in [5.41, 5.74) is 0.176. The SMILES string of the molecule is COc1ccccc1Oc1c(NS(=O)(=O)c2ccc(SC)cc2)cc(C(=O)N2CCOCC2)cc1OCCO. The third kappa shape index (κ3) is 6.95. The molecule has 1 saturated heterocycles. The highest BCUT2D eigenvalue weighted by Gasteiger charge is 2.26. The second-order valence-corrected chi connectivity index (χ2v) is 10.9. The van der Waals surface area contributed by atoms with Gasteiger partial charge in [-0.05, 0) is 54.8 Å². The van der Waals surface area contributed by atoms with Crippen LogP contribution in [0.25, 0.3) is 0 Å². The molecule has 12 heteroatoms. The number of nitrogens with zero attached hydrogens (tertiary/aromatic N) is 1. The first-order valence-electron chi connectivity index (χ1n) is 12.1. The molecule has 3 aromatic carbocycles. The molecule has 10 nitrogen and oxygen atoms in total. The fourth-order valence-electron chi connectivity index (χ4n) is 3.89. The van der Waals surface area contributed by atoms with E-state index < -0.39 is 10.0 Å². The predicted octanol–water partition coefficient (Wildman–Crippen LogP) is 3.85. The van der Waals surface area contributed by atoms with Crippen molar-refractivity contribution in [1.82, 2.24) is 4.90 Å². The average molecular weight is 575 g/mol. The minimum absolute atomic E-state index is 0.00999. The number of thioether (sulfide) groups is 1. The van der Waals surface area contributed by atoms with Crippen LogP contribution < -0.4 is 18.9 Å². The molecule has 2 N–H and O–H groups in total. The van der Waals surface area contributed by atoms with E-state index in [0.29, 0.717) is 37.8 Å². The number of methoxy groups -OCH3 is 1. The molecule has 3 aromatic rings. The van der Waals surface area contributed by atoms with Crippen molar-refractivity contribution in [2.24, 2.45) is 0 Å². The number of hydrogen-bond acceptors (Lipinski definition) is 9. The van der Waals surface area contributed by atoms with E-state index >= 15 is 0 Å². The molecule has 0 spiro atoms. The van der Waals surface area contributed by atoms with Gasteiger partial charge in [0, 0.05) is 23.5 Å². The zero-order valence-electron chi connectivity index (χ0n) is 21.6. The van der Waals surface area contributed by atoms with Crippen molar-refractivity contribution in [3.8, 4) is 23.0 Å². The van der Waals surface area contributed by atoms with Gasteiger partial charge in [0.2, 0.25) is 0 Å². The monoisotopic (exact) mass is 574 g/mol. The van der Waals surface area contributed by atoms with Gasteiger partial charge in [-0.1, -0.05) is 12.1 Å². The zero-order chi connectivity index (χ0) is 27.8. The fraction of sp³-hybridized carbons (Fsp3) is 0.296. The third-order valence-electron chi connectivity index (χ3n) is 5.84. The number of nitrogens with one attached hydrogen (secondary N) is 1. The molecule has 1 aliphatic rings. The molecule has 1 heterocycles. The van der Waals surface area contributed by atoms with E-state index in [9.17, 15) is 18.3 Å². The molecule has 0 aromatic heterocycles. The molecule has 0 saturated carbocycles. The van der Waals surface area contributed by atoms with E-state index in [1.807, 2.05) is 6.26 Å². The molecular weight excluding hydrogens is 544 g/mol. The molecule has 4 rings (SSSR count). The van der Waals surface area contributed by atoms with E-state index in [1.54, 1.807) is 41.3 Å². The van der Waals surface area contributed by atoms with E-state index in [4.69, 9.17) is 18.9 Å². The minimum Gasteiger partial charge on any atom is -0.493 e. The van der Waals surface area contributed by atoms with Gasteiger partial charge in [-0.2, -0.15) is 0 Å². The molecule has 0 bridgehead atoms. The first-order valence-corrected chi connectivity index (χ1v) is 14.8. The summed E-state index contributed by atoms with van der Waals surface area (Å²) >= 11 is 1.49. The topological polar surface area (TPSA) is 124 Å². The van der Waals surface area contributed by atoms with Crippen molar-refractivity contribution in [2.45, 2.75) is 9.79 Å². The highest BCUT2D eigenvalue weighted by molar-refractivity contribution is 7.98. The molecule has 208 valence electrons. The number of morpholine rings is 1. The Balaban J connectivity index is 1.82. The number of aliphatic hydroxyl groups excluding tert-OH is 1. The number of para-hydroxylation sites is 2. The average Bonchev–Trinajstić information content (AvgIpc) is 2.97. The van der Waals surface area contributed by atoms with Crippen molar-refractivity contribution in [1.29, 1.82) is 0 Å². The lowest BCUT2D eigenvalue weighted by atomic mass is 10.1. The predicted molar refractivity (Wildman–Crippen MR) is 148 cm³/mol. The molecule has 0 aliphatic carbocycles. The quantitative estimate of drug-likeness (QED) is 0.329. The number of amides is 1. The highest BCUT2D eigenvalue weighted by atomic mass is 32.2. The van der Waals surface area contributed by atoms with Crippen LogP contribution in [0.3, 0.4) is 0 Å². The summed E-state index contributed by atoms with van der Waals surface area (Å²) in [5, 5.41) is 9.43. The number of ether oxygens (including phenoxy) is 4. The molecule has 1 aliphatic heterocycles. The zero-order valence-corrected chi connectivity index (χ0v) is 23.2. The Morgan fingerprint density at radius 1 is 1.05 bits per heavy atom. The van der Waals surface area contributed by atoms with E-state index in [-0.39, 0.29) is 46.8 Å². The van der Waals surface area contributed by atoms with Crippen LogP contribution in [0.2, 0.25) is 0 Å². The summed E-state index contributed by atoms with van der Waals surface area (Å²) in [6, 6.07) is 16.2. The number of rotatable bonds is 11. The lowest BCUT2D eigenvalue weighted by Crippen LogP contribution is -2.40. The Bertz CT molecular complexity index is 1390. The van der Waals surface area contributed by atoms with Gasteiger partial charge in [0.05, 0.1) is 37.5 Å². The maximum atomic E-state index is 13.4. The van der Waals surface area contributed by atoms with Crippen LogP contribution in [0, 0.1) is 0 Å². The Morgan fingerprint density at radius 2 is 1.74 bits per heavy atom. The van der Waals surface area contributed by atoms with Crippen molar-refractivity contribution < 1.29 is 37.3 Å². The van der Waals surface area contributed by atoms with E-state index in [0.717, 1.165) is 4.90 Å². The third-order valence-corrected chi connectivity index (χ3v) is 7.97. The Hall–Kier alpha value is -3.45. The van der Waals surface area contributed by atoms with Gasteiger partial charge in [-0.25, -0.2) is 8.42 Å². The normalized spacial score (nSPS) is 13.6. The number of carbonyl (C=O) groups excluding carboxylic acids is 1. The van der Waals surface area contributed by atoms with Crippen LogP contribution in [-0.2, 0) is 14.8 Å². The number of anilines is 1. The van der Waals surface area contributed by atoms with E-state index in [1.165, 1.54) is 43.1 Å². The largest absolute Gasteiger partial charge is 0.493 e. The molecule has 39 heavy (non-hydrogen) atoms. The number of sulfonamides is 1. The lowest BCUT2D eigenvalue weighted by Gasteiger charge is -2.27. The lowest BCUT2D eigenvalue weighted by molar-refractivity contribution is 0.0302. The molecule has 1 amide bonds. The number of aliphatic hydroxyl groups is 1. The minimum atomic E-state index is -4.09. The Morgan fingerprint density at radius 3 is 2.38 bits per heavy atom. The van der Waals surface area contributed by atoms with Crippen LogP contribution in [-0.4, -0.2) is 77.2 Å². The summed E-state index contributed by atoms with van der Waals surface area (Å²) in [6.07, 6.45) is 1.90. The van der Waals surface area contributed by atoms with E-state index in [2.05, 4.69) is 4.72 Å². The summed E-state index contributed by atoms with van der Waals surface area (Å²) in [5.74, 6) is 0.465. The van der Waals surface area contributed by atoms with Gasteiger partial charge in [0.15, 0.2) is 23.0 Å². The molecule has 0 unspecified atom stereocenters. The highest BCUT2D eigenvalue weighted by Crippen LogP contribution is 2.43. The number of hydrogen-bond donors (Lipinski definition) is 2. The Kier molecular flexibility index (Phi) is 9.57. The van der Waals surface area contributed by atoms with Crippen molar-refractivity contribution >= 4 is 33.4 Å². The van der Waals surface area contributed by atoms with Gasteiger partial charge < -0.3 is 29.0 Å². The van der Waals surface area contributed by atoms with Crippen LogP contribution in [0.15, 0.2) is 70.5 Å². The number of carbonyl (C=O) groups is 1. The summed E-state index contributed by atoms with van der Waals surface area (Å²) in [7, 11) is -2.61. The molecule has 0 radical (unpaired) electrons. The fourth-order valence-corrected chi connectivity index (χ4v) is 5.35. The van der Waals surface area contributed by atoms with Gasteiger partial charge in [0.1, 0.15) is 6.61 Å². The first-order chi connectivity index (χ1) is 18.9. The van der Waals surface area contributed by atoms with Gasteiger partial charge in [0.25, 0.3) is 15.9 Å². The Labute approximate surface area is 231 Å². The van der Waals surface area contributed by atoms with Crippen LogP contribution in [0.1, 0.15) is 10.4 Å². The van der Waals surface area contributed by atoms with Gasteiger partial charge in [-0.3, -0.25) is 9.52 Å².